The Kier molecular flexibility index (Phi) is 29.7. The molecule has 66 heavy (non-hydrogen) atoms. The van der Waals surface area contributed by atoms with Crippen molar-refractivity contribution in [3.8, 4) is 5.75 Å². The number of nitrogens with one attached hydrogen (secondary N) is 6. The van der Waals surface area contributed by atoms with Crippen LogP contribution in [0.1, 0.15) is 25.0 Å². The SMILES string of the molecule is CC(CO)CNc1nc(NCCS(=O)(=O)[O-])nc(Nc2ccc(C=Cc3ccc(Nc4nc(NCCS(=O)(=O)[O-])nc(NCC(C)CO)n4)cc3S(=O)(=O)[O-])c(OS(=O)[O-])c2)n1.[Na+].[Na+].[Na+].[Na+]. The van der Waals surface area contributed by atoms with Gasteiger partial charge in [0.15, 0.2) is 0 Å². The number of hydrogen-bond donors (Lipinski definition) is 8. The molecule has 2 aromatic heterocycles. The van der Waals surface area contributed by atoms with Crippen LogP contribution in [0.4, 0.5) is 47.1 Å². The zero-order valence-electron chi connectivity index (χ0n) is 36.5. The number of benzene rings is 2. The van der Waals surface area contributed by atoms with E-state index in [9.17, 15) is 57.9 Å². The molecule has 0 spiro atoms. The van der Waals surface area contributed by atoms with Gasteiger partial charge >= 0.3 is 118 Å². The maximum Gasteiger partial charge on any atom is 1.00 e. The molecule has 4 aromatic rings. The molecular formula is C32H40N12Na4O14S4. The van der Waals surface area contributed by atoms with Crippen molar-refractivity contribution in [3.63, 3.8) is 0 Å². The number of rotatable bonds is 25. The summed E-state index contributed by atoms with van der Waals surface area (Å²) in [6.07, 6.45) is 2.47. The molecule has 0 saturated heterocycles. The summed E-state index contributed by atoms with van der Waals surface area (Å²) in [7, 11) is -14.3. The first kappa shape index (κ1) is 64.6. The van der Waals surface area contributed by atoms with Gasteiger partial charge < -0.3 is 64.5 Å². The van der Waals surface area contributed by atoms with Gasteiger partial charge in [0, 0.05) is 62.4 Å². The molecule has 0 saturated carbocycles. The first-order valence-electron chi connectivity index (χ1n) is 17.9. The molecule has 34 heteroatoms. The molecule has 0 bridgehead atoms. The summed E-state index contributed by atoms with van der Waals surface area (Å²) in [5.74, 6) is -2.98. The third-order valence-corrected chi connectivity index (χ3v) is 10.4. The minimum atomic E-state index is -5.17. The molecule has 3 unspecified atom stereocenters. The van der Waals surface area contributed by atoms with Crippen LogP contribution in [0.15, 0.2) is 41.3 Å². The standard InChI is InChI=1S/C32H44N12O14S4.4Na/c1-19(17-45)15-35-29-39-27(33-9-11-60(49,50)51)41-31(43-29)37-23-7-5-21(25(13-23)58-59(47)48)3-4-22-6-8-24(14-26(22)62(55,56)57)38-32-42-28(34-10-12-61(52,53)54)40-30(44-32)36-16-20(2)18-46;;;;/h3-8,13-14,19-20,45-46H,9-12,15-18H2,1-2H3,(H,47,48)(H,49,50,51)(H,52,53,54)(H,55,56,57)(H3,33,35,37,39,41,43)(H3,34,36,38,40,42,44);;;;/q;4*+1/p-4. The molecule has 4 rings (SSSR count). The van der Waals surface area contributed by atoms with E-state index in [0.29, 0.717) is 0 Å². The van der Waals surface area contributed by atoms with Crippen molar-refractivity contribution >= 4 is 101 Å². The van der Waals surface area contributed by atoms with Crippen LogP contribution in [-0.4, -0.2) is 139 Å². The summed E-state index contributed by atoms with van der Waals surface area (Å²) >= 11 is -3.11. The third kappa shape index (κ3) is 23.9. The van der Waals surface area contributed by atoms with E-state index in [4.69, 9.17) is 4.18 Å². The topological polar surface area (TPSA) is 411 Å². The molecule has 26 nitrogen and oxygen atoms in total. The van der Waals surface area contributed by atoms with Crippen LogP contribution >= 0.6 is 0 Å². The number of nitrogens with zero attached hydrogens (tertiary/aromatic N) is 6. The van der Waals surface area contributed by atoms with Gasteiger partial charge in [-0.05, 0) is 41.7 Å². The molecule has 340 valence electrons. The maximum atomic E-state index is 12.5. The Labute approximate surface area is 471 Å². The number of aliphatic hydroxyl groups is 2. The van der Waals surface area contributed by atoms with E-state index in [1.807, 2.05) is 0 Å². The third-order valence-electron chi connectivity index (χ3n) is 7.79. The van der Waals surface area contributed by atoms with E-state index in [2.05, 4.69) is 61.8 Å². The van der Waals surface area contributed by atoms with Gasteiger partial charge in [0.25, 0.3) is 0 Å². The number of anilines is 8. The molecule has 8 N–H and O–H groups in total. The second-order valence-electron chi connectivity index (χ2n) is 13.2. The summed E-state index contributed by atoms with van der Waals surface area (Å²) < 4.78 is 132. The van der Waals surface area contributed by atoms with E-state index in [-0.39, 0.29) is 233 Å². The van der Waals surface area contributed by atoms with Crippen molar-refractivity contribution in [2.24, 2.45) is 11.8 Å². The molecule has 3 atom stereocenters. The van der Waals surface area contributed by atoms with Crippen molar-refractivity contribution in [1.29, 1.82) is 0 Å². The molecular weight excluding hydrogens is 997 g/mol. The van der Waals surface area contributed by atoms with Gasteiger partial charge in [0.1, 0.15) is 27.2 Å². The van der Waals surface area contributed by atoms with Crippen molar-refractivity contribution in [2.75, 3.05) is 82.8 Å². The van der Waals surface area contributed by atoms with E-state index in [1.54, 1.807) is 13.8 Å². The number of hydrogen-bond acceptors (Lipinski definition) is 26. The minimum absolute atomic E-state index is 0. The van der Waals surface area contributed by atoms with Crippen LogP contribution in [-0.2, 0) is 41.7 Å². The van der Waals surface area contributed by atoms with Gasteiger partial charge in [-0.1, -0.05) is 32.1 Å². The van der Waals surface area contributed by atoms with Gasteiger partial charge in [-0.25, -0.2) is 29.5 Å². The fraction of sp³-hybridized carbons (Fsp3) is 0.375. The predicted molar refractivity (Wildman–Crippen MR) is 221 cm³/mol. The van der Waals surface area contributed by atoms with Gasteiger partial charge in [0.05, 0.1) is 36.6 Å². The largest absolute Gasteiger partial charge is 1.00 e. The maximum absolute atomic E-state index is 12.5. The van der Waals surface area contributed by atoms with Crippen LogP contribution in [0.3, 0.4) is 0 Å². The molecule has 0 fully saturated rings. The van der Waals surface area contributed by atoms with Crippen LogP contribution < -0.4 is 154 Å². The van der Waals surface area contributed by atoms with E-state index in [1.165, 1.54) is 42.5 Å². The van der Waals surface area contributed by atoms with Crippen molar-refractivity contribution in [3.05, 3.63) is 47.5 Å². The zero-order valence-corrected chi connectivity index (χ0v) is 47.8. The Bertz CT molecular complexity index is 2590. The Hall–Kier alpha value is -1.44. The molecule has 0 aliphatic carbocycles. The molecule has 0 aliphatic rings. The van der Waals surface area contributed by atoms with Crippen molar-refractivity contribution in [1.82, 2.24) is 29.9 Å². The first-order valence-corrected chi connectivity index (χ1v) is 23.5. The normalized spacial score (nSPS) is 12.7. The average Bonchev–Trinajstić information content (AvgIpc) is 3.17. The fourth-order valence-electron chi connectivity index (χ4n) is 4.72. The summed E-state index contributed by atoms with van der Waals surface area (Å²) in [5, 5.41) is 35.2. The molecule has 0 amide bonds. The van der Waals surface area contributed by atoms with Crippen LogP contribution in [0.5, 0.6) is 5.75 Å². The Morgan fingerprint density at radius 3 is 1.39 bits per heavy atom. The van der Waals surface area contributed by atoms with Crippen molar-refractivity contribution < 1.29 is 180 Å². The predicted octanol–water partition coefficient (Wildman–Crippen LogP) is -12.2. The van der Waals surface area contributed by atoms with Crippen LogP contribution in [0.2, 0.25) is 0 Å². The Balaban J connectivity index is 0.0000106. The quantitative estimate of drug-likeness (QED) is 0.0132. The molecule has 2 heterocycles. The summed E-state index contributed by atoms with van der Waals surface area (Å²) in [5.41, 5.74) is 0.104. The first-order chi connectivity index (χ1) is 29.1. The summed E-state index contributed by atoms with van der Waals surface area (Å²) in [6, 6.07) is 7.62. The van der Waals surface area contributed by atoms with Gasteiger partial charge in [-0.2, -0.15) is 29.9 Å². The van der Waals surface area contributed by atoms with Gasteiger partial charge in [-0.15, -0.1) is 0 Å². The monoisotopic (exact) mass is 1040 g/mol. The zero-order chi connectivity index (χ0) is 45.7. The summed E-state index contributed by atoms with van der Waals surface area (Å²) in [6.45, 7) is 2.87. The minimum Gasteiger partial charge on any atom is -0.748 e. The second-order valence-corrected chi connectivity index (χ2v) is 18.1. The molecule has 0 radical (unpaired) electrons. The van der Waals surface area contributed by atoms with Gasteiger partial charge in [0.2, 0.25) is 35.7 Å². The smallest absolute Gasteiger partial charge is 0.748 e. The van der Waals surface area contributed by atoms with Crippen molar-refractivity contribution in [2.45, 2.75) is 18.7 Å². The number of aromatic nitrogens is 6. The van der Waals surface area contributed by atoms with Gasteiger partial charge in [-0.3, -0.25) is 0 Å². The van der Waals surface area contributed by atoms with E-state index in [0.717, 1.165) is 6.07 Å². The Morgan fingerprint density at radius 2 is 1.00 bits per heavy atom. The average molecular weight is 1040 g/mol. The molecule has 2 aromatic carbocycles. The van der Waals surface area contributed by atoms with E-state index >= 15 is 0 Å². The van der Waals surface area contributed by atoms with Crippen LogP contribution in [0.25, 0.3) is 12.2 Å². The molecule has 0 aliphatic heterocycles. The van der Waals surface area contributed by atoms with E-state index < -0.39 is 58.1 Å². The van der Waals surface area contributed by atoms with Crippen LogP contribution in [0, 0.1) is 11.8 Å². The Morgan fingerprint density at radius 1 is 0.621 bits per heavy atom. The fourth-order valence-corrected chi connectivity index (χ4v) is 6.41. The number of aliphatic hydroxyl groups excluding tert-OH is 2. The second kappa shape index (κ2) is 30.3. The summed E-state index contributed by atoms with van der Waals surface area (Å²) in [4.78, 5) is 24.1.